The highest BCUT2D eigenvalue weighted by Crippen LogP contribution is 2.23. The summed E-state index contributed by atoms with van der Waals surface area (Å²) in [5.74, 6) is -1.78. The molecular formula is C35H44N6O6. The predicted molar refractivity (Wildman–Crippen MR) is 177 cm³/mol. The lowest BCUT2D eigenvalue weighted by Gasteiger charge is -2.34. The molecule has 250 valence electrons. The quantitative estimate of drug-likeness (QED) is 0.217. The lowest BCUT2D eigenvalue weighted by Crippen LogP contribution is -2.61. The predicted octanol–water partition coefficient (Wildman–Crippen LogP) is 3.01. The number of aliphatic hydroxyl groups is 1. The van der Waals surface area contributed by atoms with E-state index in [1.54, 1.807) is 77.5 Å². The van der Waals surface area contributed by atoms with Crippen molar-refractivity contribution in [3.05, 3.63) is 77.9 Å². The zero-order valence-electron chi connectivity index (χ0n) is 27.5. The minimum absolute atomic E-state index is 0.150. The van der Waals surface area contributed by atoms with Crippen molar-refractivity contribution in [3.63, 3.8) is 0 Å². The number of nitrogens with one attached hydrogen (secondary N) is 3. The van der Waals surface area contributed by atoms with Gasteiger partial charge >= 0.3 is 5.97 Å². The molecule has 4 N–H and O–H groups in total. The van der Waals surface area contributed by atoms with Crippen molar-refractivity contribution in [2.24, 2.45) is 5.41 Å². The molecular weight excluding hydrogens is 600 g/mol. The first-order chi connectivity index (χ1) is 22.4. The van der Waals surface area contributed by atoms with Crippen molar-refractivity contribution in [2.75, 3.05) is 13.2 Å². The third-order valence-electron chi connectivity index (χ3n) is 8.04. The van der Waals surface area contributed by atoms with E-state index in [-0.39, 0.29) is 13.0 Å². The topological polar surface area (TPSA) is 163 Å². The summed E-state index contributed by atoms with van der Waals surface area (Å²) in [7, 11) is 0. The second kappa shape index (κ2) is 15.7. The van der Waals surface area contributed by atoms with Crippen LogP contribution in [-0.2, 0) is 30.3 Å². The van der Waals surface area contributed by atoms with Gasteiger partial charge in [-0.2, -0.15) is 0 Å². The number of esters is 1. The minimum atomic E-state index is -1.03. The van der Waals surface area contributed by atoms with Crippen LogP contribution in [0.15, 0.2) is 61.1 Å². The van der Waals surface area contributed by atoms with Crippen LogP contribution in [0, 0.1) is 5.41 Å². The maximum absolute atomic E-state index is 13.6. The molecule has 1 saturated heterocycles. The Hall–Kier alpha value is -4.68. The van der Waals surface area contributed by atoms with E-state index in [1.807, 2.05) is 24.3 Å². The van der Waals surface area contributed by atoms with E-state index in [1.165, 1.54) is 5.01 Å². The number of ether oxygens (including phenoxy) is 1. The highest BCUT2D eigenvalue weighted by atomic mass is 16.5. The van der Waals surface area contributed by atoms with E-state index in [0.717, 1.165) is 21.9 Å². The number of aromatic nitrogens is 2. The van der Waals surface area contributed by atoms with Gasteiger partial charge in [-0.15, -0.1) is 0 Å². The van der Waals surface area contributed by atoms with Gasteiger partial charge in [-0.1, -0.05) is 24.3 Å². The molecule has 3 amide bonds. The van der Waals surface area contributed by atoms with Gasteiger partial charge < -0.3 is 20.5 Å². The monoisotopic (exact) mass is 644 g/mol. The molecule has 4 rings (SSSR count). The molecule has 0 aliphatic carbocycles. The number of rotatable bonds is 12. The average molecular weight is 645 g/mol. The molecule has 0 radical (unpaired) electrons. The van der Waals surface area contributed by atoms with Gasteiger partial charge in [0.2, 0.25) is 11.8 Å². The Labute approximate surface area is 275 Å². The van der Waals surface area contributed by atoms with E-state index < -0.39 is 53.3 Å². The van der Waals surface area contributed by atoms with E-state index in [2.05, 4.69) is 26.0 Å². The number of aliphatic hydroxyl groups excluding tert-OH is 1. The van der Waals surface area contributed by atoms with Gasteiger partial charge in [-0.05, 0) is 88.2 Å². The fourth-order valence-electron chi connectivity index (χ4n) is 5.17. The van der Waals surface area contributed by atoms with Crippen molar-refractivity contribution >= 4 is 40.5 Å². The van der Waals surface area contributed by atoms with E-state index in [0.29, 0.717) is 25.1 Å². The molecule has 1 aromatic carbocycles. The maximum Gasteiger partial charge on any atom is 0.324 e. The first kappa shape index (κ1) is 35.2. The Morgan fingerprint density at radius 1 is 1.13 bits per heavy atom. The van der Waals surface area contributed by atoms with Crippen LogP contribution >= 0.6 is 0 Å². The Morgan fingerprint density at radius 2 is 1.91 bits per heavy atom. The van der Waals surface area contributed by atoms with Crippen LogP contribution in [0.5, 0.6) is 0 Å². The molecule has 4 atom stereocenters. The first-order valence-electron chi connectivity index (χ1n) is 15.9. The summed E-state index contributed by atoms with van der Waals surface area (Å²) >= 11 is 0. The molecule has 1 aliphatic rings. The third-order valence-corrected chi connectivity index (χ3v) is 8.04. The number of hydrogen-bond donors (Lipinski definition) is 4. The molecule has 47 heavy (non-hydrogen) atoms. The smallest absolute Gasteiger partial charge is 0.324 e. The lowest BCUT2D eigenvalue weighted by molar-refractivity contribution is -0.152. The van der Waals surface area contributed by atoms with Gasteiger partial charge in [0.15, 0.2) is 0 Å². The van der Waals surface area contributed by atoms with Crippen molar-refractivity contribution in [1.82, 2.24) is 31.0 Å². The zero-order chi connectivity index (χ0) is 34.1. The maximum atomic E-state index is 13.6. The van der Waals surface area contributed by atoms with Gasteiger partial charge in [0, 0.05) is 36.9 Å². The summed E-state index contributed by atoms with van der Waals surface area (Å²) in [4.78, 5) is 61.3. The van der Waals surface area contributed by atoms with Gasteiger partial charge in [0.25, 0.3) is 5.91 Å². The van der Waals surface area contributed by atoms with Crippen LogP contribution in [0.3, 0.4) is 0 Å². The second-order valence-corrected chi connectivity index (χ2v) is 12.3. The molecule has 12 nitrogen and oxygen atoms in total. The Balaban J connectivity index is 1.46. The molecule has 0 saturated carbocycles. The highest BCUT2D eigenvalue weighted by molar-refractivity contribution is 5.94. The number of nitrogens with zero attached hydrogens (tertiary/aromatic N) is 3. The summed E-state index contributed by atoms with van der Waals surface area (Å²) in [6, 6.07) is 8.51. The summed E-state index contributed by atoms with van der Waals surface area (Å²) in [6.07, 6.45) is 9.13. The second-order valence-electron chi connectivity index (χ2n) is 12.3. The fourth-order valence-corrected chi connectivity index (χ4v) is 5.17. The van der Waals surface area contributed by atoms with Crippen molar-refractivity contribution < 1.29 is 29.0 Å². The number of pyridine rings is 2. The number of hydrazine groups is 1. The summed E-state index contributed by atoms with van der Waals surface area (Å²) in [5, 5.41) is 18.8. The normalized spacial score (nSPS) is 17.1. The van der Waals surface area contributed by atoms with E-state index in [4.69, 9.17) is 4.74 Å². The average Bonchev–Trinajstić information content (AvgIpc) is 3.06. The van der Waals surface area contributed by atoms with Gasteiger partial charge in [0.1, 0.15) is 18.1 Å². The molecule has 1 aliphatic heterocycles. The van der Waals surface area contributed by atoms with Crippen LogP contribution in [-0.4, -0.2) is 75.1 Å². The molecule has 2 unspecified atom stereocenters. The molecule has 3 aromatic rings. The van der Waals surface area contributed by atoms with Gasteiger partial charge in [0.05, 0.1) is 23.8 Å². The Kier molecular flexibility index (Phi) is 11.8. The standard InChI is InChI=1S/C35H44N6O6/c1-6-47-33(45)29-10-8-16-41(40-29)32(44)22(2)38-31(43)30(17-24-9-7-15-36-20-24)39-34(46)35(4,5)14-13-28-19-27-18-25(23(3)42)11-12-26(27)21-37-28/h7,9,11-15,18-23,29-30,40,42H,6,8,10,16-17H2,1-5H3,(H,38,43)(H,39,46)/b14-13+/t22?,23-,29?,30+/m1/s1. The van der Waals surface area contributed by atoms with Crippen molar-refractivity contribution in [3.8, 4) is 0 Å². The third kappa shape index (κ3) is 9.43. The Bertz CT molecular complexity index is 1610. The van der Waals surface area contributed by atoms with Crippen LogP contribution in [0.2, 0.25) is 0 Å². The van der Waals surface area contributed by atoms with Crippen LogP contribution in [0.25, 0.3) is 16.8 Å². The SMILES string of the molecule is CCOC(=O)C1CCCN(C(=O)C(C)NC(=O)[C@H](Cc2cccnc2)NC(=O)C(C)(C)/C=C/c2cc3cc([C@@H](C)O)ccc3cn2)N1. The van der Waals surface area contributed by atoms with Crippen molar-refractivity contribution in [2.45, 2.75) is 78.1 Å². The number of carbonyl (C=O) groups is 4. The number of benzene rings is 1. The molecule has 0 spiro atoms. The number of amides is 3. The van der Waals surface area contributed by atoms with E-state index >= 15 is 0 Å². The highest BCUT2D eigenvalue weighted by Gasteiger charge is 2.34. The van der Waals surface area contributed by atoms with Crippen LogP contribution < -0.4 is 16.1 Å². The van der Waals surface area contributed by atoms with Gasteiger partial charge in [-0.3, -0.25) is 34.2 Å². The summed E-state index contributed by atoms with van der Waals surface area (Å²) < 4.78 is 5.09. The summed E-state index contributed by atoms with van der Waals surface area (Å²) in [6.45, 7) is 9.07. The van der Waals surface area contributed by atoms with Gasteiger partial charge in [-0.25, -0.2) is 5.43 Å². The van der Waals surface area contributed by atoms with Crippen LogP contribution in [0.4, 0.5) is 0 Å². The number of hydrogen-bond acceptors (Lipinski definition) is 9. The zero-order valence-corrected chi connectivity index (χ0v) is 27.5. The van der Waals surface area contributed by atoms with Crippen molar-refractivity contribution in [1.29, 1.82) is 0 Å². The fraction of sp³-hybridized carbons (Fsp3) is 0.429. The lowest BCUT2D eigenvalue weighted by atomic mass is 9.90. The van der Waals surface area contributed by atoms with Crippen LogP contribution in [0.1, 0.15) is 70.4 Å². The molecule has 0 bridgehead atoms. The molecule has 12 heteroatoms. The number of carbonyl (C=O) groups excluding carboxylic acids is 4. The largest absolute Gasteiger partial charge is 0.465 e. The minimum Gasteiger partial charge on any atom is -0.465 e. The number of fused-ring (bicyclic) bond motifs is 1. The Morgan fingerprint density at radius 3 is 2.62 bits per heavy atom. The first-order valence-corrected chi connectivity index (χ1v) is 15.9. The van der Waals surface area contributed by atoms with E-state index in [9.17, 15) is 24.3 Å². The molecule has 1 fully saturated rings. The molecule has 3 heterocycles. The molecule has 2 aromatic heterocycles. The summed E-state index contributed by atoms with van der Waals surface area (Å²) in [5.41, 5.74) is 4.03.